The molecule has 5 nitrogen and oxygen atoms in total. The lowest BCUT2D eigenvalue weighted by atomic mass is 10.0. The number of guanidine groups is 1. The standard InChI is InChI=1S/C19H32N4O/c1-15-7-9-17(10-8-15)18(23-11-5-6-12-23)13-21-19(20-3)22-16(2)14-24-4/h7-10,16,18H,5-6,11-14H2,1-4H3,(H2,20,21,22). The number of rotatable bonds is 7. The summed E-state index contributed by atoms with van der Waals surface area (Å²) in [6.45, 7) is 8.08. The SMILES string of the molecule is CN=C(NCC(c1ccc(C)cc1)N1CCCC1)NC(C)COC. The summed E-state index contributed by atoms with van der Waals surface area (Å²) in [5.74, 6) is 0.829. The van der Waals surface area contributed by atoms with Gasteiger partial charge < -0.3 is 15.4 Å². The van der Waals surface area contributed by atoms with Gasteiger partial charge in [-0.05, 0) is 45.3 Å². The van der Waals surface area contributed by atoms with E-state index in [1.54, 1.807) is 7.11 Å². The summed E-state index contributed by atoms with van der Waals surface area (Å²) in [5.41, 5.74) is 2.67. The summed E-state index contributed by atoms with van der Waals surface area (Å²) in [5, 5.41) is 6.86. The van der Waals surface area contributed by atoms with E-state index in [0.717, 1.165) is 12.5 Å². The molecule has 1 aliphatic rings. The first kappa shape index (κ1) is 18.7. The van der Waals surface area contributed by atoms with E-state index in [1.165, 1.54) is 37.1 Å². The minimum absolute atomic E-state index is 0.228. The second-order valence-corrected chi connectivity index (χ2v) is 6.62. The van der Waals surface area contributed by atoms with Gasteiger partial charge >= 0.3 is 0 Å². The average molecular weight is 332 g/mol. The lowest BCUT2D eigenvalue weighted by Crippen LogP contribution is -2.46. The van der Waals surface area contributed by atoms with Crippen LogP contribution in [0.15, 0.2) is 29.3 Å². The van der Waals surface area contributed by atoms with Crippen LogP contribution in [0.3, 0.4) is 0 Å². The van der Waals surface area contributed by atoms with Crippen LogP contribution in [0.5, 0.6) is 0 Å². The number of ether oxygens (including phenoxy) is 1. The zero-order valence-corrected chi connectivity index (χ0v) is 15.5. The number of nitrogens with one attached hydrogen (secondary N) is 2. The normalized spacial score (nSPS) is 18.4. The fourth-order valence-electron chi connectivity index (χ4n) is 3.21. The lowest BCUT2D eigenvalue weighted by molar-refractivity contribution is 0.178. The van der Waals surface area contributed by atoms with Crippen molar-refractivity contribution in [3.63, 3.8) is 0 Å². The molecule has 0 amide bonds. The van der Waals surface area contributed by atoms with Crippen LogP contribution in [0.4, 0.5) is 0 Å². The average Bonchev–Trinajstić information content (AvgIpc) is 3.10. The third kappa shape index (κ3) is 5.49. The molecule has 1 saturated heterocycles. The van der Waals surface area contributed by atoms with Crippen molar-refractivity contribution in [2.45, 2.75) is 38.8 Å². The van der Waals surface area contributed by atoms with Gasteiger partial charge in [-0.25, -0.2) is 0 Å². The summed E-state index contributed by atoms with van der Waals surface area (Å²) in [6.07, 6.45) is 2.58. The number of benzene rings is 1. The molecule has 0 spiro atoms. The van der Waals surface area contributed by atoms with Gasteiger partial charge in [-0.15, -0.1) is 0 Å². The van der Waals surface area contributed by atoms with Gasteiger partial charge in [0.2, 0.25) is 0 Å². The summed E-state index contributed by atoms with van der Waals surface area (Å²) < 4.78 is 5.18. The Kier molecular flexibility index (Phi) is 7.53. The zero-order chi connectivity index (χ0) is 17.4. The molecule has 0 saturated carbocycles. The number of methoxy groups -OCH3 is 1. The van der Waals surface area contributed by atoms with Gasteiger partial charge in [-0.3, -0.25) is 9.89 Å². The van der Waals surface area contributed by atoms with Crippen LogP contribution in [0.1, 0.15) is 36.9 Å². The quantitative estimate of drug-likeness (QED) is 0.594. The largest absolute Gasteiger partial charge is 0.383 e. The van der Waals surface area contributed by atoms with E-state index in [0.29, 0.717) is 12.6 Å². The molecule has 1 heterocycles. The molecule has 1 aromatic carbocycles. The lowest BCUT2D eigenvalue weighted by Gasteiger charge is -2.29. The summed E-state index contributed by atoms with van der Waals surface area (Å²) in [4.78, 5) is 6.91. The van der Waals surface area contributed by atoms with Crippen molar-refractivity contribution in [2.24, 2.45) is 4.99 Å². The molecule has 2 N–H and O–H groups in total. The summed E-state index contributed by atoms with van der Waals surface area (Å²) in [6, 6.07) is 9.52. The highest BCUT2D eigenvalue weighted by molar-refractivity contribution is 5.80. The Morgan fingerprint density at radius 2 is 1.92 bits per heavy atom. The first-order valence-electron chi connectivity index (χ1n) is 8.90. The maximum Gasteiger partial charge on any atom is 0.191 e. The first-order valence-corrected chi connectivity index (χ1v) is 8.90. The summed E-state index contributed by atoms with van der Waals surface area (Å²) >= 11 is 0. The number of nitrogens with zero attached hydrogens (tertiary/aromatic N) is 2. The van der Waals surface area contributed by atoms with E-state index in [2.05, 4.69) is 58.6 Å². The molecule has 1 fully saturated rings. The summed E-state index contributed by atoms with van der Waals surface area (Å²) in [7, 11) is 3.53. The second kappa shape index (κ2) is 9.64. The highest BCUT2D eigenvalue weighted by Gasteiger charge is 2.23. The third-order valence-electron chi connectivity index (χ3n) is 4.53. The van der Waals surface area contributed by atoms with Gasteiger partial charge in [0.25, 0.3) is 0 Å². The number of likely N-dealkylation sites (tertiary alicyclic amines) is 1. The molecule has 24 heavy (non-hydrogen) atoms. The molecule has 2 rings (SSSR count). The highest BCUT2D eigenvalue weighted by atomic mass is 16.5. The zero-order valence-electron chi connectivity index (χ0n) is 15.5. The van der Waals surface area contributed by atoms with E-state index in [9.17, 15) is 0 Å². The van der Waals surface area contributed by atoms with E-state index in [4.69, 9.17) is 4.74 Å². The van der Waals surface area contributed by atoms with Crippen LogP contribution < -0.4 is 10.6 Å². The van der Waals surface area contributed by atoms with Crippen LogP contribution in [-0.4, -0.2) is 57.3 Å². The predicted octanol–water partition coefficient (Wildman–Crippen LogP) is 2.33. The van der Waals surface area contributed by atoms with Crippen molar-refractivity contribution >= 4 is 5.96 Å². The van der Waals surface area contributed by atoms with Crippen LogP contribution in [0, 0.1) is 6.92 Å². The Bertz CT molecular complexity index is 509. The monoisotopic (exact) mass is 332 g/mol. The maximum absolute atomic E-state index is 5.18. The van der Waals surface area contributed by atoms with Crippen LogP contribution in [0.2, 0.25) is 0 Å². The van der Waals surface area contributed by atoms with Crippen LogP contribution in [0.25, 0.3) is 0 Å². The Balaban J connectivity index is 2.01. The van der Waals surface area contributed by atoms with Crippen LogP contribution >= 0.6 is 0 Å². The molecule has 2 unspecified atom stereocenters. The van der Waals surface area contributed by atoms with Gasteiger partial charge in [0.1, 0.15) is 0 Å². The topological polar surface area (TPSA) is 48.9 Å². The number of hydrogen-bond acceptors (Lipinski definition) is 3. The molecule has 0 bridgehead atoms. The Morgan fingerprint density at radius 1 is 1.25 bits per heavy atom. The molecular formula is C19H32N4O. The molecular weight excluding hydrogens is 300 g/mol. The maximum atomic E-state index is 5.18. The van der Waals surface area contributed by atoms with Crippen LogP contribution in [-0.2, 0) is 4.74 Å². The molecule has 1 aliphatic heterocycles. The number of hydrogen-bond donors (Lipinski definition) is 2. The minimum Gasteiger partial charge on any atom is -0.383 e. The van der Waals surface area contributed by atoms with Gasteiger partial charge in [0.05, 0.1) is 12.6 Å². The molecule has 0 aliphatic carbocycles. The third-order valence-corrected chi connectivity index (χ3v) is 4.53. The van der Waals surface area contributed by atoms with Crippen molar-refractivity contribution < 1.29 is 4.74 Å². The van der Waals surface area contributed by atoms with Crippen molar-refractivity contribution in [1.82, 2.24) is 15.5 Å². The second-order valence-electron chi connectivity index (χ2n) is 6.62. The van der Waals surface area contributed by atoms with Gasteiger partial charge in [0.15, 0.2) is 5.96 Å². The van der Waals surface area contributed by atoms with Gasteiger partial charge in [-0.2, -0.15) is 0 Å². The number of aliphatic imine (C=N–C) groups is 1. The van der Waals surface area contributed by atoms with E-state index >= 15 is 0 Å². The molecule has 1 aromatic rings. The molecule has 2 atom stereocenters. The van der Waals surface area contributed by atoms with E-state index in [1.807, 2.05) is 7.05 Å². The first-order chi connectivity index (χ1) is 11.6. The smallest absolute Gasteiger partial charge is 0.191 e. The van der Waals surface area contributed by atoms with Crippen molar-refractivity contribution in [1.29, 1.82) is 0 Å². The van der Waals surface area contributed by atoms with E-state index < -0.39 is 0 Å². The molecule has 5 heteroatoms. The van der Waals surface area contributed by atoms with Crippen molar-refractivity contribution in [3.05, 3.63) is 35.4 Å². The fraction of sp³-hybridized carbons (Fsp3) is 0.632. The molecule has 0 radical (unpaired) electrons. The predicted molar refractivity (Wildman–Crippen MR) is 101 cm³/mol. The number of aryl methyl sites for hydroxylation is 1. The highest BCUT2D eigenvalue weighted by Crippen LogP contribution is 2.24. The Morgan fingerprint density at radius 3 is 2.50 bits per heavy atom. The Hall–Kier alpha value is -1.59. The van der Waals surface area contributed by atoms with Crippen molar-refractivity contribution in [2.75, 3.05) is 40.4 Å². The fourth-order valence-corrected chi connectivity index (χ4v) is 3.21. The van der Waals surface area contributed by atoms with Crippen molar-refractivity contribution in [3.8, 4) is 0 Å². The molecule has 134 valence electrons. The van der Waals surface area contributed by atoms with Gasteiger partial charge in [-0.1, -0.05) is 29.8 Å². The minimum atomic E-state index is 0.228. The molecule has 0 aromatic heterocycles. The Labute approximate surface area is 146 Å². The van der Waals surface area contributed by atoms with Gasteiger partial charge in [0, 0.05) is 26.7 Å². The van der Waals surface area contributed by atoms with E-state index in [-0.39, 0.29) is 6.04 Å².